The van der Waals surface area contributed by atoms with E-state index in [4.69, 9.17) is 5.11 Å². The first-order valence-corrected chi connectivity index (χ1v) is 6.94. The van der Waals surface area contributed by atoms with Crippen molar-refractivity contribution in [1.82, 2.24) is 4.90 Å². The second-order valence-corrected chi connectivity index (χ2v) is 5.45. The maximum absolute atomic E-state index is 10.7. The number of hydrogen-bond acceptors (Lipinski definition) is 2. The molecule has 1 atom stereocenters. The van der Waals surface area contributed by atoms with Crippen LogP contribution >= 0.6 is 15.9 Å². The molecule has 1 rings (SSSR count). The standard InChI is InChI=1S/C14H20BrNO2/c1-4-16(11(3)7-14(17)18)9-12-6-5-10(2)13(15)8-12/h5-6,8,11H,4,7,9H2,1-3H3,(H,17,18). The minimum Gasteiger partial charge on any atom is -0.481 e. The van der Waals surface area contributed by atoms with Crippen LogP contribution in [0, 0.1) is 6.92 Å². The van der Waals surface area contributed by atoms with E-state index in [0.717, 1.165) is 17.6 Å². The highest BCUT2D eigenvalue weighted by molar-refractivity contribution is 9.10. The molecule has 1 aromatic carbocycles. The predicted molar refractivity (Wildman–Crippen MR) is 76.7 cm³/mol. The normalized spacial score (nSPS) is 12.7. The number of hydrogen-bond donors (Lipinski definition) is 1. The van der Waals surface area contributed by atoms with Crippen LogP contribution in [-0.4, -0.2) is 28.6 Å². The molecule has 0 saturated heterocycles. The SMILES string of the molecule is CCN(Cc1ccc(C)c(Br)c1)C(C)CC(=O)O. The Hall–Kier alpha value is -0.870. The zero-order valence-electron chi connectivity index (χ0n) is 11.1. The van der Waals surface area contributed by atoms with Crippen molar-refractivity contribution in [3.05, 3.63) is 33.8 Å². The Bertz CT molecular complexity index is 420. The van der Waals surface area contributed by atoms with Crippen LogP contribution in [0.4, 0.5) is 0 Å². The molecule has 1 unspecified atom stereocenters. The molecule has 0 aliphatic heterocycles. The zero-order chi connectivity index (χ0) is 13.7. The molecule has 0 aromatic heterocycles. The van der Waals surface area contributed by atoms with Gasteiger partial charge in [-0.25, -0.2) is 0 Å². The van der Waals surface area contributed by atoms with Crippen LogP contribution in [0.3, 0.4) is 0 Å². The number of carboxylic acid groups (broad SMARTS) is 1. The summed E-state index contributed by atoms with van der Waals surface area (Å²) in [5.41, 5.74) is 2.41. The molecular weight excluding hydrogens is 294 g/mol. The summed E-state index contributed by atoms with van der Waals surface area (Å²) in [5.74, 6) is -0.744. The Morgan fingerprint density at radius 3 is 2.67 bits per heavy atom. The van der Waals surface area contributed by atoms with Crippen molar-refractivity contribution in [1.29, 1.82) is 0 Å². The van der Waals surface area contributed by atoms with Gasteiger partial charge in [-0.15, -0.1) is 0 Å². The van der Waals surface area contributed by atoms with Gasteiger partial charge in [0.15, 0.2) is 0 Å². The van der Waals surface area contributed by atoms with E-state index in [1.807, 2.05) is 6.92 Å². The summed E-state index contributed by atoms with van der Waals surface area (Å²) in [6, 6.07) is 6.32. The second-order valence-electron chi connectivity index (χ2n) is 4.59. The minimum atomic E-state index is -0.744. The van der Waals surface area contributed by atoms with Gasteiger partial charge in [-0.1, -0.05) is 35.0 Å². The molecule has 100 valence electrons. The van der Waals surface area contributed by atoms with Gasteiger partial charge in [0.2, 0.25) is 0 Å². The summed E-state index contributed by atoms with van der Waals surface area (Å²) >= 11 is 3.52. The topological polar surface area (TPSA) is 40.5 Å². The Balaban J connectivity index is 2.72. The summed E-state index contributed by atoms with van der Waals surface area (Å²) in [4.78, 5) is 12.9. The van der Waals surface area contributed by atoms with Crippen LogP contribution in [0.2, 0.25) is 0 Å². The van der Waals surface area contributed by atoms with Crippen LogP contribution in [-0.2, 0) is 11.3 Å². The average Bonchev–Trinajstić information content (AvgIpc) is 2.29. The van der Waals surface area contributed by atoms with Crippen molar-refractivity contribution in [2.75, 3.05) is 6.54 Å². The van der Waals surface area contributed by atoms with Gasteiger partial charge < -0.3 is 5.11 Å². The third-order valence-electron chi connectivity index (χ3n) is 3.12. The number of aryl methyl sites for hydroxylation is 1. The number of aliphatic carboxylic acids is 1. The monoisotopic (exact) mass is 313 g/mol. The highest BCUT2D eigenvalue weighted by Gasteiger charge is 2.15. The summed E-state index contributed by atoms with van der Waals surface area (Å²) in [6.07, 6.45) is 0.181. The predicted octanol–water partition coefficient (Wildman–Crippen LogP) is 3.44. The molecule has 0 amide bonds. The highest BCUT2D eigenvalue weighted by Crippen LogP contribution is 2.19. The van der Waals surface area contributed by atoms with Crippen molar-refractivity contribution < 1.29 is 9.90 Å². The molecular formula is C14H20BrNO2. The van der Waals surface area contributed by atoms with Gasteiger partial charge in [0.1, 0.15) is 0 Å². The molecule has 0 spiro atoms. The molecule has 0 bridgehead atoms. The van der Waals surface area contributed by atoms with E-state index >= 15 is 0 Å². The van der Waals surface area contributed by atoms with E-state index in [-0.39, 0.29) is 12.5 Å². The van der Waals surface area contributed by atoms with Crippen LogP contribution in [0.25, 0.3) is 0 Å². The van der Waals surface area contributed by atoms with E-state index in [0.29, 0.717) is 0 Å². The fourth-order valence-corrected chi connectivity index (χ4v) is 2.36. The molecule has 18 heavy (non-hydrogen) atoms. The first-order chi connectivity index (χ1) is 8.43. The number of carboxylic acids is 1. The lowest BCUT2D eigenvalue weighted by molar-refractivity contribution is -0.138. The number of nitrogens with zero attached hydrogens (tertiary/aromatic N) is 1. The second kappa shape index (κ2) is 6.90. The number of carbonyl (C=O) groups is 1. The number of halogens is 1. The van der Waals surface area contributed by atoms with Crippen LogP contribution in [0.1, 0.15) is 31.4 Å². The van der Waals surface area contributed by atoms with E-state index in [1.54, 1.807) is 0 Å². The molecule has 0 heterocycles. The van der Waals surface area contributed by atoms with Crippen LogP contribution in [0.5, 0.6) is 0 Å². The number of rotatable bonds is 6. The van der Waals surface area contributed by atoms with Crippen molar-refractivity contribution >= 4 is 21.9 Å². The molecule has 1 N–H and O–H groups in total. The fraction of sp³-hybridized carbons (Fsp3) is 0.500. The largest absolute Gasteiger partial charge is 0.481 e. The Labute approximate surface area is 117 Å². The summed E-state index contributed by atoms with van der Waals surface area (Å²) in [6.45, 7) is 7.70. The van der Waals surface area contributed by atoms with Crippen LogP contribution < -0.4 is 0 Å². The Morgan fingerprint density at radius 2 is 2.17 bits per heavy atom. The first kappa shape index (κ1) is 15.2. The lowest BCUT2D eigenvalue weighted by atomic mass is 10.1. The van der Waals surface area contributed by atoms with Crippen molar-refractivity contribution in [2.45, 2.75) is 39.8 Å². The molecule has 1 aromatic rings. The van der Waals surface area contributed by atoms with Gasteiger partial charge in [-0.3, -0.25) is 9.69 Å². The third kappa shape index (κ3) is 4.42. The Kier molecular flexibility index (Phi) is 5.82. The fourth-order valence-electron chi connectivity index (χ4n) is 1.93. The van der Waals surface area contributed by atoms with Crippen molar-refractivity contribution in [2.24, 2.45) is 0 Å². The Morgan fingerprint density at radius 1 is 1.50 bits per heavy atom. The maximum Gasteiger partial charge on any atom is 0.304 e. The van der Waals surface area contributed by atoms with Gasteiger partial charge in [-0.2, -0.15) is 0 Å². The zero-order valence-corrected chi connectivity index (χ0v) is 12.7. The molecule has 0 aliphatic rings. The number of benzene rings is 1. The van der Waals surface area contributed by atoms with E-state index in [9.17, 15) is 4.79 Å². The third-order valence-corrected chi connectivity index (χ3v) is 3.98. The average molecular weight is 314 g/mol. The van der Waals surface area contributed by atoms with Crippen molar-refractivity contribution in [3.63, 3.8) is 0 Å². The lowest BCUT2D eigenvalue weighted by Gasteiger charge is -2.26. The van der Waals surface area contributed by atoms with E-state index in [2.05, 4.69) is 52.9 Å². The van der Waals surface area contributed by atoms with E-state index in [1.165, 1.54) is 11.1 Å². The smallest absolute Gasteiger partial charge is 0.304 e. The lowest BCUT2D eigenvalue weighted by Crippen LogP contribution is -2.34. The molecule has 0 aliphatic carbocycles. The highest BCUT2D eigenvalue weighted by atomic mass is 79.9. The maximum atomic E-state index is 10.7. The summed E-state index contributed by atoms with van der Waals surface area (Å²) in [7, 11) is 0. The van der Waals surface area contributed by atoms with Gasteiger partial charge in [-0.05, 0) is 37.6 Å². The first-order valence-electron chi connectivity index (χ1n) is 6.15. The molecule has 0 fully saturated rings. The minimum absolute atomic E-state index is 0.0487. The van der Waals surface area contributed by atoms with E-state index < -0.39 is 5.97 Å². The van der Waals surface area contributed by atoms with Gasteiger partial charge in [0, 0.05) is 17.1 Å². The summed E-state index contributed by atoms with van der Waals surface area (Å²) < 4.78 is 1.10. The van der Waals surface area contributed by atoms with Gasteiger partial charge >= 0.3 is 5.97 Å². The summed E-state index contributed by atoms with van der Waals surface area (Å²) in [5, 5.41) is 8.84. The molecule has 4 heteroatoms. The molecule has 0 radical (unpaired) electrons. The molecule has 3 nitrogen and oxygen atoms in total. The van der Waals surface area contributed by atoms with Crippen LogP contribution in [0.15, 0.2) is 22.7 Å². The quantitative estimate of drug-likeness (QED) is 0.874. The van der Waals surface area contributed by atoms with Gasteiger partial charge in [0.05, 0.1) is 6.42 Å². The van der Waals surface area contributed by atoms with Gasteiger partial charge in [0.25, 0.3) is 0 Å². The van der Waals surface area contributed by atoms with Crippen molar-refractivity contribution in [3.8, 4) is 0 Å². The molecule has 0 saturated carbocycles.